The maximum absolute atomic E-state index is 8.75. The summed E-state index contributed by atoms with van der Waals surface area (Å²) in [5.74, 6) is 0. The van der Waals surface area contributed by atoms with E-state index in [9.17, 15) is 0 Å². The van der Waals surface area contributed by atoms with Crippen LogP contribution in [0.5, 0.6) is 0 Å². The number of benzene rings is 1. The molecule has 0 saturated heterocycles. The minimum atomic E-state index is 0.171. The first-order valence-corrected chi connectivity index (χ1v) is 6.29. The lowest BCUT2D eigenvalue weighted by Gasteiger charge is -2.18. The standard InChI is InChI=1S/C14H14N2S/c1-14(2,3)11-6-4-10(5-7-11)12-9-16-13(8-15)17-12/h4-7,9H,1-3H3. The van der Waals surface area contributed by atoms with Gasteiger partial charge in [-0.1, -0.05) is 45.0 Å². The molecule has 0 amide bonds. The molecular weight excluding hydrogens is 228 g/mol. The molecule has 0 aliphatic heterocycles. The van der Waals surface area contributed by atoms with E-state index in [0.29, 0.717) is 5.01 Å². The van der Waals surface area contributed by atoms with Crippen LogP contribution >= 0.6 is 11.3 Å². The summed E-state index contributed by atoms with van der Waals surface area (Å²) < 4.78 is 0. The van der Waals surface area contributed by atoms with Crippen LogP contribution in [0.15, 0.2) is 30.5 Å². The van der Waals surface area contributed by atoms with E-state index in [1.807, 2.05) is 0 Å². The highest BCUT2D eigenvalue weighted by atomic mass is 32.1. The van der Waals surface area contributed by atoms with E-state index in [-0.39, 0.29) is 5.41 Å². The molecule has 0 N–H and O–H groups in total. The molecule has 0 spiro atoms. The predicted molar refractivity (Wildman–Crippen MR) is 71.0 cm³/mol. The Labute approximate surface area is 106 Å². The molecule has 2 rings (SSSR count). The molecule has 0 bridgehead atoms. The summed E-state index contributed by atoms with van der Waals surface area (Å²) >= 11 is 1.43. The molecule has 1 heterocycles. The summed E-state index contributed by atoms with van der Waals surface area (Å²) in [6, 6.07) is 10.5. The topological polar surface area (TPSA) is 36.7 Å². The largest absolute Gasteiger partial charge is 0.234 e. The first kappa shape index (κ1) is 11.8. The Morgan fingerprint density at radius 2 is 1.82 bits per heavy atom. The van der Waals surface area contributed by atoms with E-state index in [1.54, 1.807) is 6.20 Å². The van der Waals surface area contributed by atoms with Crippen molar-refractivity contribution in [3.05, 3.63) is 41.0 Å². The highest BCUT2D eigenvalue weighted by Gasteiger charge is 2.13. The molecule has 1 aromatic heterocycles. The molecule has 3 heteroatoms. The number of nitrogens with zero attached hydrogens (tertiary/aromatic N) is 2. The fourth-order valence-electron chi connectivity index (χ4n) is 1.59. The zero-order valence-electron chi connectivity index (χ0n) is 10.2. The lowest BCUT2D eigenvalue weighted by molar-refractivity contribution is 0.590. The van der Waals surface area contributed by atoms with Gasteiger partial charge < -0.3 is 0 Å². The van der Waals surface area contributed by atoms with Gasteiger partial charge in [0.2, 0.25) is 0 Å². The average molecular weight is 242 g/mol. The second kappa shape index (κ2) is 4.31. The van der Waals surface area contributed by atoms with Gasteiger partial charge in [0.05, 0.1) is 4.88 Å². The summed E-state index contributed by atoms with van der Waals surface area (Å²) in [5, 5.41) is 9.26. The van der Waals surface area contributed by atoms with E-state index >= 15 is 0 Å². The Balaban J connectivity index is 2.33. The second-order valence-electron chi connectivity index (χ2n) is 4.97. The summed E-state index contributed by atoms with van der Waals surface area (Å²) in [6.45, 7) is 6.59. The highest BCUT2D eigenvalue weighted by Crippen LogP contribution is 2.29. The van der Waals surface area contributed by atoms with Crippen LogP contribution in [0.4, 0.5) is 0 Å². The molecule has 0 saturated carbocycles. The summed E-state index contributed by atoms with van der Waals surface area (Å²) in [7, 11) is 0. The molecule has 1 aromatic carbocycles. The zero-order valence-corrected chi connectivity index (χ0v) is 11.0. The second-order valence-corrected chi connectivity index (χ2v) is 6.00. The summed E-state index contributed by atoms with van der Waals surface area (Å²) in [5.41, 5.74) is 2.60. The third-order valence-electron chi connectivity index (χ3n) is 2.64. The van der Waals surface area contributed by atoms with Crippen LogP contribution in [0, 0.1) is 11.3 Å². The Kier molecular flexibility index (Phi) is 2.99. The van der Waals surface area contributed by atoms with Crippen molar-refractivity contribution in [1.29, 1.82) is 5.26 Å². The van der Waals surface area contributed by atoms with Gasteiger partial charge in [0.15, 0.2) is 5.01 Å². The fraction of sp³-hybridized carbons (Fsp3) is 0.286. The molecule has 2 nitrogen and oxygen atoms in total. The smallest absolute Gasteiger partial charge is 0.194 e. The summed E-state index contributed by atoms with van der Waals surface area (Å²) in [4.78, 5) is 5.08. The van der Waals surface area contributed by atoms with E-state index < -0.39 is 0 Å². The van der Waals surface area contributed by atoms with Gasteiger partial charge in [0, 0.05) is 6.20 Å². The number of hydrogen-bond donors (Lipinski definition) is 0. The Morgan fingerprint density at radius 1 is 1.18 bits per heavy atom. The van der Waals surface area contributed by atoms with Gasteiger partial charge in [-0.3, -0.25) is 0 Å². The van der Waals surface area contributed by atoms with E-state index in [4.69, 9.17) is 5.26 Å². The molecule has 0 unspecified atom stereocenters. The molecule has 2 aromatic rings. The van der Waals surface area contributed by atoms with Gasteiger partial charge in [-0.05, 0) is 16.5 Å². The molecule has 17 heavy (non-hydrogen) atoms. The lowest BCUT2D eigenvalue weighted by atomic mass is 9.87. The van der Waals surface area contributed by atoms with Crippen molar-refractivity contribution < 1.29 is 0 Å². The molecule has 86 valence electrons. The first-order valence-electron chi connectivity index (χ1n) is 5.47. The lowest BCUT2D eigenvalue weighted by Crippen LogP contribution is -2.10. The average Bonchev–Trinajstić information content (AvgIpc) is 2.76. The van der Waals surface area contributed by atoms with Gasteiger partial charge >= 0.3 is 0 Å². The molecular formula is C14H14N2S. The molecule has 0 atom stereocenters. The van der Waals surface area contributed by atoms with Gasteiger partial charge in [-0.2, -0.15) is 5.26 Å². The maximum atomic E-state index is 8.75. The predicted octanol–water partition coefficient (Wildman–Crippen LogP) is 3.98. The van der Waals surface area contributed by atoms with Crippen molar-refractivity contribution in [2.45, 2.75) is 26.2 Å². The van der Waals surface area contributed by atoms with Crippen LogP contribution in [0.2, 0.25) is 0 Å². The number of rotatable bonds is 1. The Hall–Kier alpha value is -1.66. The van der Waals surface area contributed by atoms with E-state index in [2.05, 4.69) is 56.1 Å². The van der Waals surface area contributed by atoms with Gasteiger partial charge in [0.25, 0.3) is 0 Å². The number of nitriles is 1. The third kappa shape index (κ3) is 2.54. The molecule has 0 fully saturated rings. The first-order chi connectivity index (χ1) is 8.00. The van der Waals surface area contributed by atoms with Crippen molar-refractivity contribution in [1.82, 2.24) is 4.98 Å². The van der Waals surface area contributed by atoms with Crippen LogP contribution < -0.4 is 0 Å². The number of aromatic nitrogens is 1. The van der Waals surface area contributed by atoms with Crippen molar-refractivity contribution in [2.24, 2.45) is 0 Å². The molecule has 0 aliphatic rings. The SMILES string of the molecule is CC(C)(C)c1ccc(-c2cnc(C#N)s2)cc1. The van der Waals surface area contributed by atoms with Crippen LogP contribution in [0.3, 0.4) is 0 Å². The normalized spacial score (nSPS) is 11.2. The number of thiazole rings is 1. The van der Waals surface area contributed by atoms with Crippen molar-refractivity contribution in [3.63, 3.8) is 0 Å². The Morgan fingerprint density at radius 3 is 2.29 bits per heavy atom. The van der Waals surface area contributed by atoms with Crippen molar-refractivity contribution in [2.75, 3.05) is 0 Å². The van der Waals surface area contributed by atoms with Crippen LogP contribution in [0.25, 0.3) is 10.4 Å². The quantitative estimate of drug-likeness (QED) is 0.758. The Bertz CT molecular complexity index is 553. The van der Waals surface area contributed by atoms with Crippen LogP contribution in [-0.4, -0.2) is 4.98 Å². The molecule has 0 aliphatic carbocycles. The van der Waals surface area contributed by atoms with Gasteiger partial charge in [-0.15, -0.1) is 11.3 Å². The fourth-order valence-corrected chi connectivity index (χ4v) is 2.31. The number of hydrogen-bond acceptors (Lipinski definition) is 3. The van der Waals surface area contributed by atoms with Crippen molar-refractivity contribution in [3.8, 4) is 16.5 Å². The minimum Gasteiger partial charge on any atom is -0.234 e. The zero-order chi connectivity index (χ0) is 12.5. The van der Waals surface area contributed by atoms with E-state index in [0.717, 1.165) is 10.4 Å². The minimum absolute atomic E-state index is 0.171. The van der Waals surface area contributed by atoms with E-state index in [1.165, 1.54) is 16.9 Å². The monoisotopic (exact) mass is 242 g/mol. The van der Waals surface area contributed by atoms with Gasteiger partial charge in [-0.25, -0.2) is 4.98 Å². The van der Waals surface area contributed by atoms with Gasteiger partial charge in [0.1, 0.15) is 6.07 Å². The van der Waals surface area contributed by atoms with Crippen LogP contribution in [0.1, 0.15) is 31.3 Å². The van der Waals surface area contributed by atoms with Crippen molar-refractivity contribution >= 4 is 11.3 Å². The summed E-state index contributed by atoms with van der Waals surface area (Å²) in [6.07, 6.45) is 1.76. The highest BCUT2D eigenvalue weighted by molar-refractivity contribution is 7.15. The van der Waals surface area contributed by atoms with Crippen LogP contribution in [-0.2, 0) is 5.41 Å². The molecule has 0 radical (unpaired) electrons. The maximum Gasteiger partial charge on any atom is 0.194 e. The third-order valence-corrected chi connectivity index (χ3v) is 3.59.